The van der Waals surface area contributed by atoms with Gasteiger partial charge in [0.2, 0.25) is 0 Å². The highest BCUT2D eigenvalue weighted by Gasteiger charge is 2.13. The van der Waals surface area contributed by atoms with Crippen molar-refractivity contribution in [3.63, 3.8) is 0 Å². The predicted octanol–water partition coefficient (Wildman–Crippen LogP) is 2.92. The molecule has 22 heavy (non-hydrogen) atoms. The van der Waals surface area contributed by atoms with E-state index in [1.54, 1.807) is 25.3 Å². The molecule has 1 saturated carbocycles. The third-order valence-electron chi connectivity index (χ3n) is 3.86. The van der Waals surface area contributed by atoms with Crippen molar-refractivity contribution < 1.29 is 9.84 Å². The maximum Gasteiger partial charge on any atom is 0.187 e. The zero-order valence-electron chi connectivity index (χ0n) is 13.1. The lowest BCUT2D eigenvalue weighted by Crippen LogP contribution is -2.41. The van der Waals surface area contributed by atoms with Crippen LogP contribution in [-0.2, 0) is 0 Å². The average Bonchev–Trinajstić information content (AvgIpc) is 2.53. The van der Waals surface area contributed by atoms with Crippen molar-refractivity contribution in [1.29, 1.82) is 0 Å². The van der Waals surface area contributed by atoms with Crippen molar-refractivity contribution in [2.24, 2.45) is 5.10 Å². The number of nitrogens with zero attached hydrogens (tertiary/aromatic N) is 1. The van der Waals surface area contributed by atoms with Crippen LogP contribution in [0.15, 0.2) is 23.3 Å². The average molecular weight is 321 g/mol. The first kappa shape index (κ1) is 16.5. The Morgan fingerprint density at radius 1 is 1.32 bits per heavy atom. The van der Waals surface area contributed by atoms with Crippen molar-refractivity contribution in [3.05, 3.63) is 23.8 Å². The summed E-state index contributed by atoms with van der Waals surface area (Å²) in [5, 5.41) is 18.0. The number of rotatable bonds is 4. The number of hydrogen-bond acceptors (Lipinski definition) is 4. The van der Waals surface area contributed by atoms with E-state index in [1.807, 2.05) is 6.92 Å². The summed E-state index contributed by atoms with van der Waals surface area (Å²) in [6.07, 6.45) is 6.13. The fourth-order valence-electron chi connectivity index (χ4n) is 2.60. The molecule has 0 heterocycles. The van der Waals surface area contributed by atoms with Crippen LogP contribution in [0.1, 0.15) is 44.6 Å². The van der Waals surface area contributed by atoms with Gasteiger partial charge in [-0.2, -0.15) is 5.10 Å². The van der Waals surface area contributed by atoms with Gasteiger partial charge >= 0.3 is 0 Å². The minimum Gasteiger partial charge on any atom is -0.507 e. The van der Waals surface area contributed by atoms with Crippen LogP contribution in [0, 0.1) is 0 Å². The van der Waals surface area contributed by atoms with Crippen LogP contribution in [0.4, 0.5) is 0 Å². The molecule has 0 aliphatic heterocycles. The van der Waals surface area contributed by atoms with Gasteiger partial charge in [0.25, 0.3) is 0 Å². The van der Waals surface area contributed by atoms with Crippen LogP contribution in [-0.4, -0.2) is 29.1 Å². The number of hydrogen-bond donors (Lipinski definition) is 3. The number of aromatic hydroxyl groups is 1. The van der Waals surface area contributed by atoms with Gasteiger partial charge in [0.15, 0.2) is 5.11 Å². The summed E-state index contributed by atoms with van der Waals surface area (Å²) in [5.41, 5.74) is 4.16. The normalized spacial score (nSPS) is 16.2. The molecule has 0 radical (unpaired) electrons. The third kappa shape index (κ3) is 4.59. The quantitative estimate of drug-likeness (QED) is 0.452. The summed E-state index contributed by atoms with van der Waals surface area (Å²) in [5.74, 6) is 0.741. The molecule has 2 rings (SSSR count). The van der Waals surface area contributed by atoms with Crippen molar-refractivity contribution in [1.82, 2.24) is 10.7 Å². The summed E-state index contributed by atoms with van der Waals surface area (Å²) in [6.45, 7) is 1.82. The number of benzene rings is 1. The van der Waals surface area contributed by atoms with Crippen molar-refractivity contribution in [2.75, 3.05) is 7.11 Å². The zero-order valence-corrected chi connectivity index (χ0v) is 13.9. The van der Waals surface area contributed by atoms with Gasteiger partial charge in [-0.25, -0.2) is 0 Å². The van der Waals surface area contributed by atoms with Crippen LogP contribution in [0.2, 0.25) is 0 Å². The molecule has 0 amide bonds. The summed E-state index contributed by atoms with van der Waals surface area (Å²) >= 11 is 5.26. The molecule has 0 bridgehead atoms. The molecule has 1 fully saturated rings. The number of hydrazone groups is 1. The number of methoxy groups -OCH3 is 1. The molecule has 5 nitrogen and oxygen atoms in total. The topological polar surface area (TPSA) is 65.9 Å². The van der Waals surface area contributed by atoms with Gasteiger partial charge in [-0.3, -0.25) is 5.43 Å². The Hall–Kier alpha value is -1.82. The fraction of sp³-hybridized carbons (Fsp3) is 0.500. The van der Waals surface area contributed by atoms with Crippen LogP contribution < -0.4 is 15.5 Å². The number of phenols is 1. The maximum atomic E-state index is 9.98. The van der Waals surface area contributed by atoms with E-state index in [9.17, 15) is 5.11 Å². The van der Waals surface area contributed by atoms with E-state index >= 15 is 0 Å². The van der Waals surface area contributed by atoms with E-state index in [-0.39, 0.29) is 5.75 Å². The summed E-state index contributed by atoms with van der Waals surface area (Å²) in [6, 6.07) is 5.56. The molecule has 0 unspecified atom stereocenters. The molecule has 1 aromatic carbocycles. The van der Waals surface area contributed by atoms with E-state index < -0.39 is 0 Å². The molecule has 0 aromatic heterocycles. The molecular weight excluding hydrogens is 298 g/mol. The molecule has 0 spiro atoms. The van der Waals surface area contributed by atoms with E-state index in [2.05, 4.69) is 15.8 Å². The zero-order chi connectivity index (χ0) is 15.9. The van der Waals surface area contributed by atoms with Gasteiger partial charge in [-0.15, -0.1) is 0 Å². The lowest BCUT2D eigenvalue weighted by atomic mass is 9.96. The number of nitrogens with one attached hydrogen (secondary N) is 2. The molecule has 0 atom stereocenters. The molecule has 1 aliphatic rings. The first-order chi connectivity index (χ1) is 10.6. The third-order valence-corrected chi connectivity index (χ3v) is 4.07. The van der Waals surface area contributed by atoms with Crippen molar-refractivity contribution >= 4 is 23.0 Å². The molecule has 0 saturated heterocycles. The fourth-order valence-corrected chi connectivity index (χ4v) is 2.82. The lowest BCUT2D eigenvalue weighted by Gasteiger charge is -2.23. The lowest BCUT2D eigenvalue weighted by molar-refractivity contribution is 0.407. The molecule has 1 aliphatic carbocycles. The second-order valence-electron chi connectivity index (χ2n) is 5.50. The second-order valence-corrected chi connectivity index (χ2v) is 5.91. The Kier molecular flexibility index (Phi) is 6.00. The maximum absolute atomic E-state index is 9.98. The van der Waals surface area contributed by atoms with E-state index in [4.69, 9.17) is 17.0 Å². The van der Waals surface area contributed by atoms with Crippen LogP contribution >= 0.6 is 12.2 Å². The monoisotopic (exact) mass is 321 g/mol. The Labute approximate surface area is 136 Å². The van der Waals surface area contributed by atoms with Gasteiger partial charge in [-0.1, -0.05) is 19.3 Å². The molecule has 6 heteroatoms. The minimum atomic E-state index is 0.133. The Morgan fingerprint density at radius 3 is 2.68 bits per heavy atom. The van der Waals surface area contributed by atoms with Gasteiger partial charge in [0.05, 0.1) is 12.8 Å². The number of ether oxygens (including phenoxy) is 1. The Morgan fingerprint density at radius 2 is 2.05 bits per heavy atom. The van der Waals surface area contributed by atoms with Crippen LogP contribution in [0.3, 0.4) is 0 Å². The van der Waals surface area contributed by atoms with Crippen molar-refractivity contribution in [3.8, 4) is 11.5 Å². The standard InChI is InChI=1S/C16H23N3O2S/c1-11(14-9-8-13(21-2)10-15(14)20)18-19-16(22)17-12-6-4-3-5-7-12/h8-10,12,20H,3-7H2,1-2H3,(H2,17,19,22)/b18-11+. The highest BCUT2D eigenvalue weighted by atomic mass is 32.1. The first-order valence-corrected chi connectivity index (χ1v) is 7.99. The largest absolute Gasteiger partial charge is 0.507 e. The SMILES string of the molecule is COc1ccc(/C(C)=N/NC(=S)NC2CCCCC2)c(O)c1. The highest BCUT2D eigenvalue weighted by Crippen LogP contribution is 2.23. The second kappa shape index (κ2) is 7.98. The molecular formula is C16H23N3O2S. The minimum absolute atomic E-state index is 0.133. The van der Waals surface area contributed by atoms with Crippen LogP contribution in [0.5, 0.6) is 11.5 Å². The molecule has 1 aromatic rings. The highest BCUT2D eigenvalue weighted by molar-refractivity contribution is 7.80. The van der Waals surface area contributed by atoms with Gasteiger partial charge in [0, 0.05) is 17.7 Å². The van der Waals surface area contributed by atoms with Gasteiger partial charge < -0.3 is 15.2 Å². The molecule has 120 valence electrons. The summed E-state index contributed by atoms with van der Waals surface area (Å²) in [7, 11) is 1.56. The van der Waals surface area contributed by atoms with Gasteiger partial charge in [-0.05, 0) is 44.1 Å². The Balaban J connectivity index is 1.92. The van der Waals surface area contributed by atoms with Crippen LogP contribution in [0.25, 0.3) is 0 Å². The Bertz CT molecular complexity index is 554. The smallest absolute Gasteiger partial charge is 0.187 e. The number of phenolic OH excluding ortho intramolecular Hbond substituents is 1. The van der Waals surface area contributed by atoms with Gasteiger partial charge in [0.1, 0.15) is 11.5 Å². The van der Waals surface area contributed by atoms with E-state index in [0.717, 1.165) is 12.8 Å². The van der Waals surface area contributed by atoms with Crippen molar-refractivity contribution in [2.45, 2.75) is 45.1 Å². The van der Waals surface area contributed by atoms with E-state index in [1.165, 1.54) is 19.3 Å². The number of thiocarbonyl (C=S) groups is 1. The first-order valence-electron chi connectivity index (χ1n) is 7.58. The molecule has 3 N–H and O–H groups in total. The van der Waals surface area contributed by atoms with E-state index in [0.29, 0.717) is 28.2 Å². The summed E-state index contributed by atoms with van der Waals surface area (Å²) < 4.78 is 5.07. The summed E-state index contributed by atoms with van der Waals surface area (Å²) in [4.78, 5) is 0. The predicted molar refractivity (Wildman–Crippen MR) is 92.6 cm³/mol.